The van der Waals surface area contributed by atoms with E-state index in [0.29, 0.717) is 12.1 Å². The number of anilines is 2. The number of ether oxygens (including phenoxy) is 2. The van der Waals surface area contributed by atoms with Crippen LogP contribution in [0.1, 0.15) is 26.3 Å². The van der Waals surface area contributed by atoms with E-state index in [0.717, 1.165) is 37.6 Å². The van der Waals surface area contributed by atoms with E-state index in [4.69, 9.17) is 9.47 Å². The zero-order valence-electron chi connectivity index (χ0n) is 19.9. The van der Waals surface area contributed by atoms with Crippen molar-refractivity contribution in [3.05, 3.63) is 65.3 Å². The molecular formula is C25H31N5O4. The number of aromatic nitrogens is 3. The number of nitrogens with zero attached hydrogens (tertiary/aromatic N) is 5. The molecule has 0 spiro atoms. The average Bonchev–Trinajstić information content (AvgIpc) is 3.26. The molecule has 34 heavy (non-hydrogen) atoms. The zero-order chi connectivity index (χ0) is 24.1. The minimum Gasteiger partial charge on any atom is -0.497 e. The molecule has 4 rings (SSSR count). The first-order valence-electron chi connectivity index (χ1n) is 11.6. The summed E-state index contributed by atoms with van der Waals surface area (Å²) in [6.07, 6.45) is 1.88. The first-order chi connectivity index (χ1) is 16.5. The second-order valence-electron chi connectivity index (χ2n) is 8.09. The van der Waals surface area contributed by atoms with Crippen LogP contribution in [-0.2, 0) is 9.53 Å². The summed E-state index contributed by atoms with van der Waals surface area (Å²) in [7, 11) is 1.67. The fourth-order valence-corrected chi connectivity index (χ4v) is 4.23. The van der Waals surface area contributed by atoms with Crippen LogP contribution >= 0.6 is 0 Å². The Morgan fingerprint density at radius 1 is 0.912 bits per heavy atom. The third kappa shape index (κ3) is 4.78. The van der Waals surface area contributed by atoms with E-state index < -0.39 is 12.0 Å². The van der Waals surface area contributed by atoms with E-state index in [2.05, 4.69) is 27.0 Å². The van der Waals surface area contributed by atoms with Crippen molar-refractivity contribution in [2.75, 3.05) is 49.7 Å². The van der Waals surface area contributed by atoms with Gasteiger partial charge in [0.2, 0.25) is 0 Å². The van der Waals surface area contributed by atoms with Gasteiger partial charge >= 0.3 is 11.7 Å². The number of carbonyl (C=O) groups excluding carboxylic acids is 1. The molecule has 1 aliphatic heterocycles. The van der Waals surface area contributed by atoms with Crippen molar-refractivity contribution in [3.8, 4) is 11.4 Å². The molecule has 1 aliphatic rings. The molecule has 0 saturated carbocycles. The van der Waals surface area contributed by atoms with Crippen LogP contribution in [0.2, 0.25) is 0 Å². The number of hydrogen-bond donors (Lipinski definition) is 0. The third-order valence-electron chi connectivity index (χ3n) is 6.14. The second-order valence-corrected chi connectivity index (χ2v) is 8.09. The fraction of sp³-hybridized carbons (Fsp3) is 0.400. The van der Waals surface area contributed by atoms with Crippen molar-refractivity contribution in [2.45, 2.75) is 26.3 Å². The van der Waals surface area contributed by atoms with Crippen molar-refractivity contribution >= 4 is 17.3 Å². The zero-order valence-corrected chi connectivity index (χ0v) is 19.9. The molecule has 9 heteroatoms. The Kier molecular flexibility index (Phi) is 7.20. The lowest BCUT2D eigenvalue weighted by Gasteiger charge is -2.37. The third-order valence-corrected chi connectivity index (χ3v) is 6.14. The Hall–Kier alpha value is -3.75. The van der Waals surface area contributed by atoms with E-state index in [1.807, 2.05) is 43.3 Å². The lowest BCUT2D eigenvalue weighted by molar-refractivity contribution is -0.147. The number of rotatable bonds is 8. The molecule has 0 amide bonds. The lowest BCUT2D eigenvalue weighted by atomic mass is 10.2. The van der Waals surface area contributed by atoms with Crippen molar-refractivity contribution < 1.29 is 14.3 Å². The molecule has 2 heterocycles. The molecule has 1 fully saturated rings. The van der Waals surface area contributed by atoms with Gasteiger partial charge in [0, 0.05) is 37.6 Å². The number of piperazine rings is 1. The van der Waals surface area contributed by atoms with Crippen molar-refractivity contribution in [1.82, 2.24) is 14.3 Å². The normalized spacial score (nSPS) is 14.7. The molecule has 1 atom stereocenters. The molecule has 0 aliphatic carbocycles. The highest BCUT2D eigenvalue weighted by Gasteiger charge is 2.24. The number of benzene rings is 2. The van der Waals surface area contributed by atoms with Crippen LogP contribution in [0.25, 0.3) is 5.69 Å². The monoisotopic (exact) mass is 465 g/mol. The Balaban J connectivity index is 1.42. The summed E-state index contributed by atoms with van der Waals surface area (Å²) in [5, 5.41) is 4.17. The average molecular weight is 466 g/mol. The maximum atomic E-state index is 12.9. The van der Waals surface area contributed by atoms with Crippen LogP contribution in [0, 0.1) is 0 Å². The van der Waals surface area contributed by atoms with Gasteiger partial charge in [-0.25, -0.2) is 14.2 Å². The Labute approximate surface area is 199 Å². The molecule has 9 nitrogen and oxygen atoms in total. The molecular weight excluding hydrogens is 434 g/mol. The van der Waals surface area contributed by atoms with Gasteiger partial charge < -0.3 is 19.3 Å². The summed E-state index contributed by atoms with van der Waals surface area (Å²) in [5.41, 5.74) is 2.65. The Bertz CT molecular complexity index is 1150. The maximum absolute atomic E-state index is 12.9. The Morgan fingerprint density at radius 3 is 1.94 bits per heavy atom. The second kappa shape index (κ2) is 10.5. The van der Waals surface area contributed by atoms with Gasteiger partial charge in [-0.1, -0.05) is 6.92 Å². The van der Waals surface area contributed by atoms with E-state index in [1.54, 1.807) is 14.0 Å². The van der Waals surface area contributed by atoms with Crippen LogP contribution < -0.4 is 20.2 Å². The number of esters is 1. The predicted octanol–water partition coefficient (Wildman–Crippen LogP) is 2.88. The van der Waals surface area contributed by atoms with Crippen LogP contribution in [0.3, 0.4) is 0 Å². The highest BCUT2D eigenvalue weighted by atomic mass is 16.5. The van der Waals surface area contributed by atoms with E-state index in [9.17, 15) is 9.59 Å². The minimum atomic E-state index is -0.727. The summed E-state index contributed by atoms with van der Waals surface area (Å²) in [6, 6.07) is 15.3. The van der Waals surface area contributed by atoms with Crippen molar-refractivity contribution in [3.63, 3.8) is 0 Å². The molecule has 2 aromatic carbocycles. The molecule has 180 valence electrons. The quantitative estimate of drug-likeness (QED) is 0.473. The summed E-state index contributed by atoms with van der Waals surface area (Å²) >= 11 is 0. The van der Waals surface area contributed by atoms with Gasteiger partial charge in [-0.2, -0.15) is 9.78 Å². The molecule has 1 unspecified atom stereocenters. The number of hydrogen-bond acceptors (Lipinski definition) is 7. The van der Waals surface area contributed by atoms with E-state index >= 15 is 0 Å². The van der Waals surface area contributed by atoms with Crippen molar-refractivity contribution in [1.29, 1.82) is 0 Å². The molecule has 1 aromatic heterocycles. The first-order valence-corrected chi connectivity index (χ1v) is 11.6. The Morgan fingerprint density at radius 2 is 1.44 bits per heavy atom. The summed E-state index contributed by atoms with van der Waals surface area (Å²) in [5.74, 6) is 0.416. The topological polar surface area (TPSA) is 81.8 Å². The molecule has 0 radical (unpaired) electrons. The smallest absolute Gasteiger partial charge is 0.351 e. The van der Waals surface area contributed by atoms with Gasteiger partial charge in [0.1, 0.15) is 12.1 Å². The molecule has 0 N–H and O–H groups in total. The van der Waals surface area contributed by atoms with E-state index in [1.165, 1.54) is 21.3 Å². The molecule has 0 bridgehead atoms. The van der Waals surface area contributed by atoms with Gasteiger partial charge in [0.15, 0.2) is 6.04 Å². The van der Waals surface area contributed by atoms with Crippen molar-refractivity contribution in [2.24, 2.45) is 0 Å². The SMILES string of the molecule is CCOC(=O)C(CC)n1ncn(-c2ccc(N3CCN(c4ccc(OC)cc4)CC3)cc2)c1=O. The predicted molar refractivity (Wildman–Crippen MR) is 131 cm³/mol. The maximum Gasteiger partial charge on any atom is 0.351 e. The van der Waals surface area contributed by atoms with Gasteiger partial charge in [0.25, 0.3) is 0 Å². The van der Waals surface area contributed by atoms with Crippen LogP contribution in [0.4, 0.5) is 11.4 Å². The minimum absolute atomic E-state index is 0.264. The van der Waals surface area contributed by atoms with Gasteiger partial charge in [-0.15, -0.1) is 0 Å². The molecule has 3 aromatic rings. The van der Waals surface area contributed by atoms with Gasteiger partial charge in [-0.3, -0.25) is 0 Å². The first kappa shape index (κ1) is 23.4. The number of methoxy groups -OCH3 is 1. The molecule has 1 saturated heterocycles. The van der Waals surface area contributed by atoms with Gasteiger partial charge in [0.05, 0.1) is 19.4 Å². The highest BCUT2D eigenvalue weighted by molar-refractivity contribution is 5.74. The van der Waals surface area contributed by atoms with Crippen LogP contribution in [0.5, 0.6) is 5.75 Å². The largest absolute Gasteiger partial charge is 0.497 e. The fourth-order valence-electron chi connectivity index (χ4n) is 4.23. The number of carbonyl (C=O) groups is 1. The van der Waals surface area contributed by atoms with Gasteiger partial charge in [-0.05, 0) is 61.9 Å². The summed E-state index contributed by atoms with van der Waals surface area (Å²) < 4.78 is 13.0. The van der Waals surface area contributed by atoms with Crippen LogP contribution in [0.15, 0.2) is 59.7 Å². The van der Waals surface area contributed by atoms with Crippen LogP contribution in [-0.4, -0.2) is 60.2 Å². The highest BCUT2D eigenvalue weighted by Crippen LogP contribution is 2.23. The summed E-state index contributed by atoms with van der Waals surface area (Å²) in [4.78, 5) is 29.8. The van der Waals surface area contributed by atoms with E-state index in [-0.39, 0.29) is 12.3 Å². The summed E-state index contributed by atoms with van der Waals surface area (Å²) in [6.45, 7) is 7.49. The standard InChI is InChI=1S/C25H31N5O4/c1-4-23(24(31)34-5-2)30-25(32)29(18-26-30)21-8-6-19(7-9-21)27-14-16-28(17-15-27)20-10-12-22(33-3)13-11-20/h6-13,18,23H,4-5,14-17H2,1-3H3. The lowest BCUT2D eigenvalue weighted by Crippen LogP contribution is -2.46.